The molecule has 0 saturated heterocycles. The fourth-order valence-corrected chi connectivity index (χ4v) is 3.56. The van der Waals surface area contributed by atoms with Crippen molar-refractivity contribution in [1.29, 1.82) is 0 Å². The van der Waals surface area contributed by atoms with Crippen LogP contribution in [0.5, 0.6) is 0 Å². The van der Waals surface area contributed by atoms with E-state index in [0.29, 0.717) is 22.9 Å². The number of hydrogen-bond donors (Lipinski definition) is 2. The van der Waals surface area contributed by atoms with Crippen molar-refractivity contribution in [3.05, 3.63) is 35.9 Å². The Labute approximate surface area is 145 Å². The molecule has 4 rings (SSSR count). The van der Waals surface area contributed by atoms with E-state index in [-0.39, 0.29) is 24.7 Å². The highest BCUT2D eigenvalue weighted by Crippen LogP contribution is 2.43. The molecule has 0 radical (unpaired) electrons. The van der Waals surface area contributed by atoms with Crippen LogP contribution in [0.2, 0.25) is 0 Å². The van der Waals surface area contributed by atoms with Crippen LogP contribution in [-0.4, -0.2) is 36.8 Å². The number of carbonyl (C=O) groups excluding carboxylic acids is 1. The van der Waals surface area contributed by atoms with Crippen molar-refractivity contribution in [2.75, 3.05) is 5.32 Å². The van der Waals surface area contributed by atoms with Crippen LogP contribution in [0.4, 0.5) is 14.5 Å². The molecule has 25 heavy (non-hydrogen) atoms. The number of aromatic amines is 1. The highest BCUT2D eigenvalue weighted by molar-refractivity contribution is 7.13. The van der Waals surface area contributed by atoms with Gasteiger partial charge < -0.3 is 5.32 Å². The van der Waals surface area contributed by atoms with Crippen molar-refractivity contribution in [3.8, 4) is 10.6 Å². The third kappa shape index (κ3) is 3.43. The molecule has 0 spiro atoms. The third-order valence-electron chi connectivity index (χ3n) is 3.99. The zero-order valence-corrected chi connectivity index (χ0v) is 13.8. The summed E-state index contributed by atoms with van der Waals surface area (Å²) in [6.45, 7) is 0.423. The molecule has 2 N–H and O–H groups in total. The Balaban J connectivity index is 1.37. The monoisotopic (exact) mass is 364 g/mol. The first-order chi connectivity index (χ1) is 12.0. The number of rotatable bonds is 5. The molecule has 0 unspecified atom stereocenters. The van der Waals surface area contributed by atoms with E-state index in [1.165, 1.54) is 17.5 Å². The molecule has 130 valence electrons. The number of nitrogens with zero attached hydrogens (tertiary/aromatic N) is 4. The maximum Gasteiger partial charge on any atom is 0.275 e. The number of halogens is 2. The molecule has 1 aliphatic rings. The highest BCUT2D eigenvalue weighted by atomic mass is 32.1. The number of alkyl halides is 2. The molecule has 10 heteroatoms. The molecular formula is C15H14F2N6OS. The first kappa shape index (κ1) is 15.9. The van der Waals surface area contributed by atoms with Gasteiger partial charge in [0, 0.05) is 42.7 Å². The van der Waals surface area contributed by atoms with Crippen molar-refractivity contribution in [2.45, 2.75) is 25.3 Å². The Hall–Kier alpha value is -2.62. The van der Waals surface area contributed by atoms with Crippen LogP contribution < -0.4 is 5.32 Å². The first-order valence-electron chi connectivity index (χ1n) is 7.65. The van der Waals surface area contributed by atoms with Crippen molar-refractivity contribution in [2.24, 2.45) is 5.92 Å². The zero-order chi connectivity index (χ0) is 17.4. The summed E-state index contributed by atoms with van der Waals surface area (Å²) in [7, 11) is 0. The Morgan fingerprint density at radius 3 is 3.00 bits per heavy atom. The van der Waals surface area contributed by atoms with Crippen molar-refractivity contribution in [1.82, 2.24) is 25.0 Å². The molecule has 1 amide bonds. The minimum Gasteiger partial charge on any atom is -0.318 e. The van der Waals surface area contributed by atoms with Crippen molar-refractivity contribution >= 4 is 22.9 Å². The number of carbonyl (C=O) groups is 1. The van der Waals surface area contributed by atoms with E-state index in [9.17, 15) is 13.6 Å². The molecule has 7 nitrogen and oxygen atoms in total. The summed E-state index contributed by atoms with van der Waals surface area (Å²) >= 11 is 1.35. The van der Waals surface area contributed by atoms with Crippen LogP contribution in [0, 0.1) is 5.92 Å². The summed E-state index contributed by atoms with van der Waals surface area (Å²) in [5.74, 6) is -2.96. The summed E-state index contributed by atoms with van der Waals surface area (Å²) < 4.78 is 27.3. The maximum atomic E-state index is 12.9. The number of H-pyrrole nitrogens is 1. The molecule has 0 aliphatic heterocycles. The van der Waals surface area contributed by atoms with Crippen LogP contribution in [-0.2, 0) is 6.54 Å². The third-order valence-corrected chi connectivity index (χ3v) is 4.88. The molecule has 1 aliphatic carbocycles. The summed E-state index contributed by atoms with van der Waals surface area (Å²) in [4.78, 5) is 16.5. The molecular weight excluding hydrogens is 350 g/mol. The largest absolute Gasteiger partial charge is 0.318 e. The summed E-state index contributed by atoms with van der Waals surface area (Å²) in [5, 5.41) is 15.7. The normalized spacial score (nSPS) is 16.6. The average Bonchev–Trinajstić information content (AvgIpc) is 3.26. The molecule has 1 saturated carbocycles. The lowest BCUT2D eigenvalue weighted by atomic mass is 9.81. The molecule has 3 heterocycles. The molecule has 1 fully saturated rings. The van der Waals surface area contributed by atoms with Gasteiger partial charge in [0.1, 0.15) is 10.7 Å². The quantitative estimate of drug-likeness (QED) is 0.728. The Kier molecular flexibility index (Phi) is 3.83. The molecule has 3 aromatic heterocycles. The van der Waals surface area contributed by atoms with E-state index in [1.807, 2.05) is 0 Å². The second-order valence-electron chi connectivity index (χ2n) is 6.06. The highest BCUT2D eigenvalue weighted by Gasteiger charge is 2.45. The molecule has 0 atom stereocenters. The van der Waals surface area contributed by atoms with E-state index in [0.717, 1.165) is 5.56 Å². The lowest BCUT2D eigenvalue weighted by Gasteiger charge is -2.34. The van der Waals surface area contributed by atoms with Gasteiger partial charge in [-0.2, -0.15) is 10.2 Å². The van der Waals surface area contributed by atoms with Gasteiger partial charge >= 0.3 is 0 Å². The van der Waals surface area contributed by atoms with Gasteiger partial charge in [-0.25, -0.2) is 13.8 Å². The summed E-state index contributed by atoms with van der Waals surface area (Å²) in [5.41, 5.74) is 1.62. The van der Waals surface area contributed by atoms with Gasteiger partial charge in [-0.3, -0.25) is 14.6 Å². The fourth-order valence-electron chi connectivity index (χ4n) is 2.78. The fraction of sp³-hybridized carbons (Fsp3) is 0.333. The predicted octanol–water partition coefficient (Wildman–Crippen LogP) is 3.03. The van der Waals surface area contributed by atoms with Gasteiger partial charge in [-0.05, 0) is 5.92 Å². The van der Waals surface area contributed by atoms with E-state index in [1.54, 1.807) is 28.7 Å². The Bertz CT molecular complexity index is 880. The van der Waals surface area contributed by atoms with Gasteiger partial charge in [0.25, 0.3) is 5.91 Å². The van der Waals surface area contributed by atoms with Crippen LogP contribution in [0.3, 0.4) is 0 Å². The van der Waals surface area contributed by atoms with Gasteiger partial charge in [0.15, 0.2) is 0 Å². The van der Waals surface area contributed by atoms with E-state index in [4.69, 9.17) is 0 Å². The van der Waals surface area contributed by atoms with Gasteiger partial charge in [-0.1, -0.05) is 0 Å². The maximum absolute atomic E-state index is 12.9. The van der Waals surface area contributed by atoms with E-state index >= 15 is 0 Å². The first-order valence-corrected chi connectivity index (χ1v) is 8.53. The summed E-state index contributed by atoms with van der Waals surface area (Å²) in [6, 6.07) is 0. The number of thiazole rings is 1. The van der Waals surface area contributed by atoms with E-state index in [2.05, 4.69) is 25.6 Å². The molecule has 0 bridgehead atoms. The number of anilines is 1. The second kappa shape index (κ2) is 6.03. The van der Waals surface area contributed by atoms with Gasteiger partial charge in [0.05, 0.1) is 18.1 Å². The predicted molar refractivity (Wildman–Crippen MR) is 87.5 cm³/mol. The van der Waals surface area contributed by atoms with Gasteiger partial charge in [-0.15, -0.1) is 11.3 Å². The molecule has 3 aromatic rings. The lowest BCUT2D eigenvalue weighted by Crippen LogP contribution is -2.37. The molecule has 0 aromatic carbocycles. The second-order valence-corrected chi connectivity index (χ2v) is 6.92. The zero-order valence-electron chi connectivity index (χ0n) is 12.9. The number of nitrogens with one attached hydrogen (secondary N) is 2. The average molecular weight is 364 g/mol. The van der Waals surface area contributed by atoms with Crippen LogP contribution in [0.15, 0.2) is 30.2 Å². The lowest BCUT2D eigenvalue weighted by molar-refractivity contribution is -0.114. The van der Waals surface area contributed by atoms with Crippen LogP contribution in [0.1, 0.15) is 23.3 Å². The number of amides is 1. The summed E-state index contributed by atoms with van der Waals surface area (Å²) in [6.07, 6.45) is 6.26. The van der Waals surface area contributed by atoms with Crippen LogP contribution in [0.25, 0.3) is 10.6 Å². The minimum absolute atomic E-state index is 0.0745. The SMILES string of the molecule is O=C(Nc1cnn(CC2CC(F)(F)C2)c1)c1csc(-c2cn[nH]c2)n1. The van der Waals surface area contributed by atoms with Crippen molar-refractivity contribution in [3.63, 3.8) is 0 Å². The smallest absolute Gasteiger partial charge is 0.275 e. The Morgan fingerprint density at radius 1 is 1.44 bits per heavy atom. The van der Waals surface area contributed by atoms with Crippen molar-refractivity contribution < 1.29 is 13.6 Å². The van der Waals surface area contributed by atoms with Gasteiger partial charge in [0.2, 0.25) is 5.92 Å². The number of aromatic nitrogens is 5. The Morgan fingerprint density at radius 2 is 2.28 bits per heavy atom. The van der Waals surface area contributed by atoms with Crippen LogP contribution >= 0.6 is 11.3 Å². The van der Waals surface area contributed by atoms with E-state index < -0.39 is 5.92 Å². The number of hydrogen-bond acceptors (Lipinski definition) is 5. The standard InChI is InChI=1S/C15H14F2N6OS/c16-15(17)1-9(2-15)6-23-7-11(5-20-23)21-13(24)12-8-25-14(22-12)10-3-18-19-4-10/h3-5,7-9H,1-2,6H2,(H,18,19)(H,21,24). The minimum atomic E-state index is -2.54. The topological polar surface area (TPSA) is 88.5 Å².